The van der Waals surface area contributed by atoms with Crippen LogP contribution in [0.15, 0.2) is 170 Å². The van der Waals surface area contributed by atoms with Gasteiger partial charge in [-0.25, -0.2) is 0 Å². The summed E-state index contributed by atoms with van der Waals surface area (Å²) in [5, 5.41) is 4.91. The fraction of sp³-hybridized carbons (Fsp3) is 0.0222. The second-order valence-corrected chi connectivity index (χ2v) is 12.4. The minimum atomic E-state index is -0.498. The minimum Gasteiger partial charge on any atom is -0.456 e. The lowest BCUT2D eigenvalue weighted by Gasteiger charge is -2.35. The minimum absolute atomic E-state index is 0.498. The summed E-state index contributed by atoms with van der Waals surface area (Å²) in [5.74, 6) is 1.81. The average molecular weight is 585 g/mol. The number of hydrogen-bond donors (Lipinski definition) is 0. The summed E-state index contributed by atoms with van der Waals surface area (Å²) in [6.45, 7) is 0. The third kappa shape index (κ3) is 3.35. The molecule has 1 heteroatoms. The molecule has 2 aliphatic rings. The zero-order chi connectivity index (χ0) is 30.2. The second kappa shape index (κ2) is 9.54. The molecule has 0 bridgehead atoms. The zero-order valence-electron chi connectivity index (χ0n) is 25.1. The Morgan fingerprint density at radius 3 is 2.02 bits per heavy atom. The standard InChI is InChI=1S/C45H28O/c1-2-16-32(17-3-1)45(39-23-7-6-20-36(39)37-27-26-29-12-4-5-19-35(29)44(37)45)33-18-8-15-31(28-33)34-21-11-25-41-43(34)38-22-9-13-30-14-10-24-40(46-41)42(30)38/h1-28H. The van der Waals surface area contributed by atoms with Gasteiger partial charge in [-0.2, -0.15) is 0 Å². The van der Waals surface area contributed by atoms with Gasteiger partial charge in [-0.05, 0) is 84.4 Å². The number of hydrogen-bond acceptors (Lipinski definition) is 1. The van der Waals surface area contributed by atoms with Crippen LogP contribution in [-0.4, -0.2) is 0 Å². The molecule has 0 saturated heterocycles. The molecule has 8 aromatic rings. The highest BCUT2D eigenvalue weighted by Crippen LogP contribution is 2.58. The molecular weight excluding hydrogens is 556 g/mol. The fourth-order valence-corrected chi connectivity index (χ4v) is 8.31. The first-order chi connectivity index (χ1) is 22.8. The molecule has 10 rings (SSSR count). The van der Waals surface area contributed by atoms with Gasteiger partial charge in [0.25, 0.3) is 0 Å². The highest BCUT2D eigenvalue weighted by molar-refractivity contribution is 6.07. The first kappa shape index (κ1) is 25.4. The Labute approximate surface area is 268 Å². The summed E-state index contributed by atoms with van der Waals surface area (Å²) in [5.41, 5.74) is 12.0. The van der Waals surface area contributed by atoms with Crippen molar-refractivity contribution in [3.05, 3.63) is 192 Å². The van der Waals surface area contributed by atoms with E-state index in [-0.39, 0.29) is 0 Å². The molecule has 1 aliphatic carbocycles. The summed E-state index contributed by atoms with van der Waals surface area (Å²) >= 11 is 0. The van der Waals surface area contributed by atoms with Crippen molar-refractivity contribution >= 4 is 21.5 Å². The number of ether oxygens (including phenoxy) is 1. The summed E-state index contributed by atoms with van der Waals surface area (Å²) in [4.78, 5) is 0. The monoisotopic (exact) mass is 584 g/mol. The highest BCUT2D eigenvalue weighted by Gasteiger charge is 2.47. The molecule has 0 saturated carbocycles. The van der Waals surface area contributed by atoms with Crippen LogP contribution in [-0.2, 0) is 5.41 Å². The molecule has 1 aliphatic heterocycles. The number of rotatable bonds is 3. The van der Waals surface area contributed by atoms with E-state index < -0.39 is 5.41 Å². The van der Waals surface area contributed by atoms with E-state index in [0.717, 1.165) is 17.1 Å². The lowest BCUT2D eigenvalue weighted by Crippen LogP contribution is -2.29. The van der Waals surface area contributed by atoms with Crippen molar-refractivity contribution in [1.29, 1.82) is 0 Å². The molecule has 0 fully saturated rings. The SMILES string of the molecule is c1ccc(C2(c3cccc(-c4cccc5c4-c4cccc6cccc(c46)O5)c3)c3ccccc3-c3ccc4ccccc4c32)cc1. The smallest absolute Gasteiger partial charge is 0.135 e. The van der Waals surface area contributed by atoms with Crippen LogP contribution in [0, 0.1) is 0 Å². The van der Waals surface area contributed by atoms with E-state index in [2.05, 4.69) is 170 Å². The molecule has 1 atom stereocenters. The van der Waals surface area contributed by atoms with E-state index in [0.29, 0.717) is 0 Å². The molecule has 214 valence electrons. The molecule has 1 heterocycles. The third-order valence-corrected chi connectivity index (χ3v) is 10.1. The highest BCUT2D eigenvalue weighted by atomic mass is 16.5. The summed E-state index contributed by atoms with van der Waals surface area (Å²) < 4.78 is 6.57. The normalized spacial score (nSPS) is 15.7. The van der Waals surface area contributed by atoms with Gasteiger partial charge in [0.15, 0.2) is 0 Å². The Morgan fingerprint density at radius 2 is 1.09 bits per heavy atom. The van der Waals surface area contributed by atoms with Crippen LogP contribution in [0.1, 0.15) is 22.3 Å². The summed E-state index contributed by atoms with van der Waals surface area (Å²) in [7, 11) is 0. The Balaban J connectivity index is 1.29. The van der Waals surface area contributed by atoms with Crippen LogP contribution in [0.2, 0.25) is 0 Å². The maximum atomic E-state index is 6.57. The number of benzene rings is 8. The lowest BCUT2D eigenvalue weighted by atomic mass is 9.66. The van der Waals surface area contributed by atoms with Crippen LogP contribution >= 0.6 is 0 Å². The van der Waals surface area contributed by atoms with Crippen LogP contribution < -0.4 is 4.74 Å². The molecule has 1 nitrogen and oxygen atoms in total. The predicted octanol–water partition coefficient (Wildman–Crippen LogP) is 11.8. The van der Waals surface area contributed by atoms with E-state index in [1.165, 1.54) is 71.6 Å². The quantitative estimate of drug-likeness (QED) is 0.201. The van der Waals surface area contributed by atoms with Gasteiger partial charge in [-0.15, -0.1) is 0 Å². The molecule has 0 N–H and O–H groups in total. The van der Waals surface area contributed by atoms with Gasteiger partial charge >= 0.3 is 0 Å². The van der Waals surface area contributed by atoms with Crippen LogP contribution in [0.5, 0.6) is 11.5 Å². The van der Waals surface area contributed by atoms with E-state index in [1.807, 2.05) is 0 Å². The first-order valence-electron chi connectivity index (χ1n) is 15.9. The zero-order valence-corrected chi connectivity index (χ0v) is 25.1. The van der Waals surface area contributed by atoms with Crippen LogP contribution in [0.25, 0.3) is 54.9 Å². The van der Waals surface area contributed by atoms with Gasteiger partial charge in [0, 0.05) is 10.9 Å². The van der Waals surface area contributed by atoms with Crippen molar-refractivity contribution in [2.75, 3.05) is 0 Å². The first-order valence-corrected chi connectivity index (χ1v) is 15.9. The molecule has 1 unspecified atom stereocenters. The summed E-state index contributed by atoms with van der Waals surface area (Å²) in [6.07, 6.45) is 0. The van der Waals surface area contributed by atoms with Crippen molar-refractivity contribution in [3.8, 4) is 44.9 Å². The Hall–Kier alpha value is -5.92. The van der Waals surface area contributed by atoms with Gasteiger partial charge in [0.05, 0.1) is 5.41 Å². The van der Waals surface area contributed by atoms with Crippen molar-refractivity contribution in [2.45, 2.75) is 5.41 Å². The number of fused-ring (bicyclic) bond motifs is 7. The fourth-order valence-electron chi connectivity index (χ4n) is 8.31. The molecule has 0 aromatic heterocycles. The largest absolute Gasteiger partial charge is 0.456 e. The Morgan fingerprint density at radius 1 is 0.413 bits per heavy atom. The van der Waals surface area contributed by atoms with Gasteiger partial charge in [0.1, 0.15) is 11.5 Å². The maximum absolute atomic E-state index is 6.57. The van der Waals surface area contributed by atoms with Gasteiger partial charge in [-0.1, -0.05) is 152 Å². The maximum Gasteiger partial charge on any atom is 0.135 e. The van der Waals surface area contributed by atoms with Crippen molar-refractivity contribution in [1.82, 2.24) is 0 Å². The third-order valence-electron chi connectivity index (χ3n) is 10.1. The molecule has 46 heavy (non-hydrogen) atoms. The molecule has 0 radical (unpaired) electrons. The summed E-state index contributed by atoms with van der Waals surface area (Å²) in [6, 6.07) is 62.1. The average Bonchev–Trinajstić information content (AvgIpc) is 3.44. The van der Waals surface area contributed by atoms with Gasteiger partial charge < -0.3 is 4.74 Å². The lowest BCUT2D eigenvalue weighted by molar-refractivity contribution is 0.487. The van der Waals surface area contributed by atoms with E-state index in [9.17, 15) is 0 Å². The van der Waals surface area contributed by atoms with E-state index in [1.54, 1.807) is 0 Å². The van der Waals surface area contributed by atoms with Gasteiger partial charge in [-0.3, -0.25) is 0 Å². The second-order valence-electron chi connectivity index (χ2n) is 12.4. The molecular formula is C45H28O. The molecule has 0 spiro atoms. The van der Waals surface area contributed by atoms with Crippen LogP contribution in [0.4, 0.5) is 0 Å². The van der Waals surface area contributed by atoms with Crippen molar-refractivity contribution < 1.29 is 4.74 Å². The molecule has 8 aromatic carbocycles. The van der Waals surface area contributed by atoms with Gasteiger partial charge in [0.2, 0.25) is 0 Å². The Bertz CT molecular complexity index is 2500. The predicted molar refractivity (Wildman–Crippen MR) is 190 cm³/mol. The van der Waals surface area contributed by atoms with E-state index in [4.69, 9.17) is 4.74 Å². The van der Waals surface area contributed by atoms with Crippen molar-refractivity contribution in [2.24, 2.45) is 0 Å². The van der Waals surface area contributed by atoms with Crippen molar-refractivity contribution in [3.63, 3.8) is 0 Å². The van der Waals surface area contributed by atoms with E-state index >= 15 is 0 Å². The van der Waals surface area contributed by atoms with Crippen LogP contribution in [0.3, 0.4) is 0 Å². The molecule has 0 amide bonds. The topological polar surface area (TPSA) is 9.23 Å². The Kier molecular flexibility index (Phi) is 5.27.